The number of halogens is 2. The van der Waals surface area contributed by atoms with Gasteiger partial charge in [0.1, 0.15) is 13.2 Å². The molecule has 3 rings (SSSR count). The van der Waals surface area contributed by atoms with E-state index in [1.807, 2.05) is 0 Å². The third-order valence-electron chi connectivity index (χ3n) is 4.31. The van der Waals surface area contributed by atoms with E-state index in [0.29, 0.717) is 11.5 Å². The minimum atomic E-state index is -3.59. The van der Waals surface area contributed by atoms with Crippen molar-refractivity contribution >= 4 is 21.9 Å². The van der Waals surface area contributed by atoms with Crippen LogP contribution < -0.4 is 19.5 Å². The van der Waals surface area contributed by atoms with Gasteiger partial charge in [0.05, 0.1) is 44.1 Å². The number of nitrogens with zero attached hydrogens (tertiary/aromatic N) is 4. The lowest BCUT2D eigenvalue weighted by molar-refractivity contribution is 0.280. The van der Waals surface area contributed by atoms with Crippen molar-refractivity contribution in [3.8, 4) is 17.2 Å². The van der Waals surface area contributed by atoms with Gasteiger partial charge in [-0.2, -0.15) is 13.5 Å². The van der Waals surface area contributed by atoms with Gasteiger partial charge in [-0.15, -0.1) is 0 Å². The number of rotatable bonds is 10. The summed E-state index contributed by atoms with van der Waals surface area (Å²) in [5.41, 5.74) is 0.131. The maximum Gasteiger partial charge on any atom is 0.264 e. The number of aromatic nitrogens is 4. The van der Waals surface area contributed by atoms with E-state index in [2.05, 4.69) is 20.4 Å². The highest BCUT2D eigenvalue weighted by atomic mass is 32.2. The van der Waals surface area contributed by atoms with Gasteiger partial charge < -0.3 is 19.5 Å². The molecule has 0 bridgehead atoms. The van der Waals surface area contributed by atoms with Crippen LogP contribution in [0.5, 0.6) is 17.2 Å². The number of methoxy groups -OCH3 is 2. The van der Waals surface area contributed by atoms with Crippen LogP contribution in [0, 0.1) is 11.6 Å². The molecule has 0 atom stereocenters. The lowest BCUT2D eigenvalue weighted by Gasteiger charge is -2.13. The Morgan fingerprint density at radius 2 is 1.64 bits per heavy atom. The van der Waals surface area contributed by atoms with E-state index in [-0.39, 0.29) is 35.4 Å². The van der Waals surface area contributed by atoms with Crippen LogP contribution in [0.3, 0.4) is 0 Å². The van der Waals surface area contributed by atoms with Crippen LogP contribution in [0.4, 0.5) is 20.5 Å². The van der Waals surface area contributed by atoms with E-state index >= 15 is 0 Å². The van der Waals surface area contributed by atoms with Crippen molar-refractivity contribution < 1.29 is 35.6 Å². The lowest BCUT2D eigenvalue weighted by Crippen LogP contribution is -2.06. The molecule has 0 saturated heterocycles. The van der Waals surface area contributed by atoms with Crippen LogP contribution in [0.25, 0.3) is 0 Å². The second-order valence-electron chi connectivity index (χ2n) is 6.65. The van der Waals surface area contributed by atoms with Crippen LogP contribution in [0.15, 0.2) is 24.5 Å². The second-order valence-corrected chi connectivity index (χ2v) is 8.30. The number of aryl methyl sites for hydroxylation is 1. The van der Waals surface area contributed by atoms with Crippen molar-refractivity contribution in [2.24, 2.45) is 7.05 Å². The first kappa shape index (κ1) is 24.1. The zero-order valence-electron chi connectivity index (χ0n) is 18.1. The first-order valence-corrected chi connectivity index (χ1v) is 11.1. The smallest absolute Gasteiger partial charge is 0.264 e. The van der Waals surface area contributed by atoms with Gasteiger partial charge in [-0.05, 0) is 0 Å². The van der Waals surface area contributed by atoms with E-state index in [9.17, 15) is 17.2 Å². The quantitative estimate of drug-likeness (QED) is 0.427. The van der Waals surface area contributed by atoms with E-state index in [0.717, 1.165) is 12.3 Å². The summed E-state index contributed by atoms with van der Waals surface area (Å²) in [4.78, 5) is 8.12. The van der Waals surface area contributed by atoms with E-state index in [4.69, 9.17) is 18.4 Å². The summed E-state index contributed by atoms with van der Waals surface area (Å²) in [6.45, 7) is -0.634. The molecule has 11 nitrogen and oxygen atoms in total. The van der Waals surface area contributed by atoms with Gasteiger partial charge in [-0.25, -0.2) is 18.7 Å². The number of ether oxygens (including phenoxy) is 3. The van der Waals surface area contributed by atoms with Gasteiger partial charge in [0.25, 0.3) is 10.1 Å². The monoisotopic (exact) mass is 485 g/mol. The molecule has 0 amide bonds. The first-order chi connectivity index (χ1) is 15.6. The van der Waals surface area contributed by atoms with E-state index in [1.54, 1.807) is 13.1 Å². The molecule has 1 N–H and O–H groups in total. The van der Waals surface area contributed by atoms with Gasteiger partial charge in [0, 0.05) is 19.2 Å². The molecule has 2 heterocycles. The number of nitrogens with one attached hydrogen (secondary N) is 1. The molecule has 14 heteroatoms. The molecule has 0 fully saturated rings. The highest BCUT2D eigenvalue weighted by Crippen LogP contribution is 2.32. The first-order valence-electron chi connectivity index (χ1n) is 9.29. The highest BCUT2D eigenvalue weighted by Gasteiger charge is 2.20. The third-order valence-corrected chi connectivity index (χ3v) is 4.86. The van der Waals surface area contributed by atoms with Gasteiger partial charge in [-0.1, -0.05) is 0 Å². The summed E-state index contributed by atoms with van der Waals surface area (Å²) in [5, 5.41) is 7.01. The van der Waals surface area contributed by atoms with Crippen molar-refractivity contribution in [1.82, 2.24) is 19.7 Å². The topological polar surface area (TPSA) is 127 Å². The maximum atomic E-state index is 14.4. The summed E-state index contributed by atoms with van der Waals surface area (Å²) in [6, 6.07) is 2.68. The van der Waals surface area contributed by atoms with Crippen LogP contribution in [0.2, 0.25) is 0 Å². The summed E-state index contributed by atoms with van der Waals surface area (Å²) < 4.78 is 72.5. The Bertz CT molecular complexity index is 1210. The molecule has 0 radical (unpaired) electrons. The number of hydrogen-bond donors (Lipinski definition) is 1. The van der Waals surface area contributed by atoms with Crippen LogP contribution in [0.1, 0.15) is 11.3 Å². The third kappa shape index (κ3) is 6.04. The summed E-state index contributed by atoms with van der Waals surface area (Å²) in [6.07, 6.45) is 3.56. The molecular formula is C19H21F2N5O6S. The molecule has 0 aliphatic carbocycles. The average Bonchev–Trinajstić information content (AvgIpc) is 3.12. The minimum absolute atomic E-state index is 0.157. The van der Waals surface area contributed by atoms with Crippen molar-refractivity contribution in [2.75, 3.05) is 25.8 Å². The molecule has 0 aliphatic rings. The van der Waals surface area contributed by atoms with Gasteiger partial charge >= 0.3 is 0 Å². The largest absolute Gasteiger partial charge is 0.494 e. The fourth-order valence-corrected chi connectivity index (χ4v) is 2.99. The molecule has 0 aliphatic heterocycles. The molecule has 0 spiro atoms. The van der Waals surface area contributed by atoms with Gasteiger partial charge in [0.15, 0.2) is 34.7 Å². The highest BCUT2D eigenvalue weighted by molar-refractivity contribution is 7.85. The Morgan fingerprint density at radius 3 is 2.18 bits per heavy atom. The van der Waals surface area contributed by atoms with E-state index < -0.39 is 28.4 Å². The van der Waals surface area contributed by atoms with Crippen LogP contribution in [-0.4, -0.2) is 48.6 Å². The molecular weight excluding hydrogens is 464 g/mol. The Hall–Kier alpha value is -3.52. The van der Waals surface area contributed by atoms with Gasteiger partial charge in [-0.3, -0.25) is 8.86 Å². The van der Waals surface area contributed by atoms with Gasteiger partial charge in [0.2, 0.25) is 5.95 Å². The fourth-order valence-electron chi connectivity index (χ4n) is 2.66. The molecule has 0 saturated carbocycles. The van der Waals surface area contributed by atoms with Crippen molar-refractivity contribution in [3.05, 3.63) is 47.4 Å². The molecule has 3 aromatic rings. The summed E-state index contributed by atoms with van der Waals surface area (Å²) >= 11 is 0. The Kier molecular flexibility index (Phi) is 7.28. The van der Waals surface area contributed by atoms with Crippen molar-refractivity contribution in [1.29, 1.82) is 0 Å². The van der Waals surface area contributed by atoms with E-state index in [1.165, 1.54) is 31.3 Å². The molecule has 178 valence electrons. The molecule has 0 unspecified atom stereocenters. The predicted octanol–water partition coefficient (Wildman–Crippen LogP) is 2.30. The van der Waals surface area contributed by atoms with Crippen LogP contribution >= 0.6 is 0 Å². The Labute approximate surface area is 188 Å². The number of anilines is 2. The van der Waals surface area contributed by atoms with Crippen molar-refractivity contribution in [2.45, 2.75) is 13.2 Å². The molecule has 1 aromatic carbocycles. The second kappa shape index (κ2) is 9.95. The zero-order valence-corrected chi connectivity index (χ0v) is 18.9. The average molecular weight is 485 g/mol. The Balaban J connectivity index is 1.66. The standard InChI is InChI=1S/C19H21F2N5O6S/c1-26-11(9-32-33(4,27)28)5-16(25-26)24-19-22-7-12(8-23-19)31-10-13-17(20)14(29-2)6-15(30-3)18(13)21/h5-8H,9-10H2,1-4H3,(H,22,23,24,25). The molecule has 33 heavy (non-hydrogen) atoms. The van der Waals surface area contributed by atoms with Crippen molar-refractivity contribution in [3.63, 3.8) is 0 Å². The predicted molar refractivity (Wildman–Crippen MR) is 112 cm³/mol. The SMILES string of the molecule is COc1cc(OC)c(F)c(COc2cnc(Nc3cc(COS(C)(=O)=O)n(C)n3)nc2)c1F. The lowest BCUT2D eigenvalue weighted by atomic mass is 10.1. The normalized spacial score (nSPS) is 11.3. The maximum absolute atomic E-state index is 14.4. The number of benzene rings is 1. The fraction of sp³-hybridized carbons (Fsp3) is 0.316. The summed E-state index contributed by atoms with van der Waals surface area (Å²) in [7, 11) is 0.534. The zero-order chi connectivity index (χ0) is 24.2. The number of hydrogen-bond acceptors (Lipinski definition) is 10. The Morgan fingerprint density at radius 1 is 1.03 bits per heavy atom. The minimum Gasteiger partial charge on any atom is -0.494 e. The van der Waals surface area contributed by atoms with Crippen LogP contribution in [-0.2, 0) is 34.6 Å². The summed E-state index contributed by atoms with van der Waals surface area (Å²) in [5.74, 6) is -1.49. The molecule has 2 aromatic heterocycles.